The summed E-state index contributed by atoms with van der Waals surface area (Å²) in [5.41, 5.74) is 3.80. The van der Waals surface area contributed by atoms with Gasteiger partial charge in [0.15, 0.2) is 21.1 Å². The zero-order chi connectivity index (χ0) is 20.0. The molecule has 11 heteroatoms. The first-order chi connectivity index (χ1) is 14.0. The maximum atomic E-state index is 13.0. The number of aryl methyl sites for hydroxylation is 1. The van der Waals surface area contributed by atoms with Crippen molar-refractivity contribution >= 4 is 55.1 Å². The number of benzene rings is 1. The van der Waals surface area contributed by atoms with Gasteiger partial charge in [-0.1, -0.05) is 17.7 Å². The van der Waals surface area contributed by atoms with E-state index in [9.17, 15) is 8.42 Å². The van der Waals surface area contributed by atoms with E-state index in [4.69, 9.17) is 11.6 Å². The maximum Gasteiger partial charge on any atom is 0.281 e. The van der Waals surface area contributed by atoms with Crippen LogP contribution in [0.1, 0.15) is 17.5 Å². The smallest absolute Gasteiger partial charge is 0.281 e. The summed E-state index contributed by atoms with van der Waals surface area (Å²) >= 11 is 7.42. The highest BCUT2D eigenvalue weighted by molar-refractivity contribution is 7.92. The Morgan fingerprint density at radius 2 is 2.21 bits per heavy atom. The molecule has 0 bridgehead atoms. The molecule has 0 amide bonds. The summed E-state index contributed by atoms with van der Waals surface area (Å²) in [4.78, 5) is 8.95. The SMILES string of the molecule is O=S(=O)(Nc1ccc2c(c1)/C(=C\NC1=NCCN1)CC2)c1c(Cl)nc2sccn12. The van der Waals surface area contributed by atoms with E-state index in [1.165, 1.54) is 21.3 Å². The van der Waals surface area contributed by atoms with Crippen molar-refractivity contribution in [3.05, 3.63) is 52.3 Å². The van der Waals surface area contributed by atoms with Crippen LogP contribution in [0.15, 0.2) is 46.0 Å². The number of aromatic nitrogens is 2. The number of hydrogen-bond acceptors (Lipinski definition) is 7. The molecule has 1 aliphatic heterocycles. The van der Waals surface area contributed by atoms with Gasteiger partial charge in [-0.3, -0.25) is 14.1 Å². The van der Waals surface area contributed by atoms with Crippen LogP contribution in [0.3, 0.4) is 0 Å². The topological polar surface area (TPSA) is 99.9 Å². The van der Waals surface area contributed by atoms with Crippen molar-refractivity contribution in [2.75, 3.05) is 17.8 Å². The van der Waals surface area contributed by atoms with Crippen molar-refractivity contribution in [1.29, 1.82) is 0 Å². The lowest BCUT2D eigenvalue weighted by molar-refractivity contribution is 0.596. The molecule has 0 radical (unpaired) electrons. The Bertz CT molecular complexity index is 1270. The number of nitrogens with one attached hydrogen (secondary N) is 3. The molecular formula is C18H17ClN6O2S2. The molecule has 3 N–H and O–H groups in total. The highest BCUT2D eigenvalue weighted by atomic mass is 35.5. The van der Waals surface area contributed by atoms with E-state index >= 15 is 0 Å². The zero-order valence-electron chi connectivity index (χ0n) is 15.1. The van der Waals surface area contributed by atoms with Crippen LogP contribution in [0, 0.1) is 0 Å². The number of allylic oxidation sites excluding steroid dienone is 1. The third-order valence-corrected chi connectivity index (χ3v) is 7.40. The Morgan fingerprint density at radius 3 is 3.03 bits per heavy atom. The number of fused-ring (bicyclic) bond motifs is 2. The number of aliphatic imine (C=N–C) groups is 1. The van der Waals surface area contributed by atoms with E-state index in [0.29, 0.717) is 10.6 Å². The number of nitrogens with zero attached hydrogens (tertiary/aromatic N) is 3. The molecule has 0 saturated carbocycles. The molecule has 0 atom stereocenters. The third-order valence-electron chi connectivity index (χ3n) is 4.86. The number of hydrogen-bond donors (Lipinski definition) is 3. The first-order valence-electron chi connectivity index (χ1n) is 9.02. The van der Waals surface area contributed by atoms with Gasteiger partial charge in [0.05, 0.1) is 6.54 Å². The Kier molecular flexibility index (Phi) is 4.49. The monoisotopic (exact) mass is 448 g/mol. The van der Waals surface area contributed by atoms with E-state index in [1.807, 2.05) is 18.3 Å². The van der Waals surface area contributed by atoms with Gasteiger partial charge in [0.1, 0.15) is 0 Å². The van der Waals surface area contributed by atoms with E-state index in [0.717, 1.165) is 43.0 Å². The van der Waals surface area contributed by atoms with Gasteiger partial charge in [0.25, 0.3) is 10.0 Å². The molecule has 3 aromatic rings. The fraction of sp³-hybridized carbons (Fsp3) is 0.222. The van der Waals surface area contributed by atoms with E-state index < -0.39 is 10.0 Å². The van der Waals surface area contributed by atoms with Crippen LogP contribution in [0.5, 0.6) is 0 Å². The molecule has 8 nitrogen and oxygen atoms in total. The van der Waals surface area contributed by atoms with Gasteiger partial charge in [-0.15, -0.1) is 11.3 Å². The van der Waals surface area contributed by atoms with Crippen LogP contribution >= 0.6 is 22.9 Å². The minimum atomic E-state index is -3.90. The van der Waals surface area contributed by atoms with E-state index in [-0.39, 0.29) is 10.2 Å². The average molecular weight is 449 g/mol. The summed E-state index contributed by atoms with van der Waals surface area (Å²) in [6.45, 7) is 1.60. The van der Waals surface area contributed by atoms with Crippen LogP contribution in [0.2, 0.25) is 5.15 Å². The van der Waals surface area contributed by atoms with Gasteiger partial charge in [-0.2, -0.15) is 8.42 Å². The summed E-state index contributed by atoms with van der Waals surface area (Å²) < 4.78 is 30.1. The molecule has 3 heterocycles. The molecule has 2 aromatic heterocycles. The number of anilines is 1. The van der Waals surface area contributed by atoms with Crippen LogP contribution in [0.4, 0.5) is 5.69 Å². The van der Waals surface area contributed by atoms with Crippen LogP contribution in [-0.4, -0.2) is 36.9 Å². The number of rotatable bonds is 4. The van der Waals surface area contributed by atoms with E-state index in [2.05, 4.69) is 25.3 Å². The van der Waals surface area contributed by atoms with Gasteiger partial charge < -0.3 is 10.6 Å². The second-order valence-electron chi connectivity index (χ2n) is 6.71. The Hall–Kier alpha value is -2.56. The summed E-state index contributed by atoms with van der Waals surface area (Å²) in [5.74, 6) is 0.762. The third kappa shape index (κ3) is 3.37. The van der Waals surface area contributed by atoms with Gasteiger partial charge in [0, 0.05) is 30.0 Å². The van der Waals surface area contributed by atoms with Gasteiger partial charge >= 0.3 is 0 Å². The van der Waals surface area contributed by atoms with Crippen LogP contribution in [0.25, 0.3) is 10.5 Å². The minimum absolute atomic E-state index is 0.0415. The fourth-order valence-corrected chi connectivity index (χ4v) is 6.05. The Morgan fingerprint density at radius 1 is 1.31 bits per heavy atom. The summed E-state index contributed by atoms with van der Waals surface area (Å²) in [6, 6.07) is 5.59. The molecule has 0 fully saturated rings. The molecule has 29 heavy (non-hydrogen) atoms. The lowest BCUT2D eigenvalue weighted by Gasteiger charge is -2.10. The van der Waals surface area contributed by atoms with Gasteiger partial charge in [0.2, 0.25) is 0 Å². The molecule has 0 spiro atoms. The predicted molar refractivity (Wildman–Crippen MR) is 115 cm³/mol. The summed E-state index contributed by atoms with van der Waals surface area (Å²) in [6.07, 6.45) is 5.38. The second-order valence-corrected chi connectivity index (χ2v) is 9.54. The molecule has 2 aliphatic rings. The number of thiazole rings is 1. The van der Waals surface area contributed by atoms with Crippen molar-refractivity contribution in [1.82, 2.24) is 20.0 Å². The molecular weight excluding hydrogens is 432 g/mol. The van der Waals surface area contributed by atoms with Crippen molar-refractivity contribution < 1.29 is 8.42 Å². The molecule has 0 saturated heterocycles. The molecule has 1 aliphatic carbocycles. The van der Waals surface area contributed by atoms with Crippen LogP contribution in [-0.2, 0) is 16.4 Å². The van der Waals surface area contributed by atoms with Crippen molar-refractivity contribution in [2.24, 2.45) is 4.99 Å². The molecule has 0 unspecified atom stereocenters. The molecule has 5 rings (SSSR count). The maximum absolute atomic E-state index is 13.0. The average Bonchev–Trinajstić information content (AvgIpc) is 3.43. The van der Waals surface area contributed by atoms with E-state index in [1.54, 1.807) is 17.6 Å². The predicted octanol–water partition coefficient (Wildman–Crippen LogP) is 2.69. The Labute approximate surface area is 176 Å². The normalized spacial score (nSPS) is 17.4. The second kappa shape index (κ2) is 7.05. The van der Waals surface area contributed by atoms with Crippen molar-refractivity contribution in [3.8, 4) is 0 Å². The summed E-state index contributed by atoms with van der Waals surface area (Å²) in [5, 5.41) is 8.02. The number of imidazole rings is 1. The first kappa shape index (κ1) is 18.5. The van der Waals surface area contributed by atoms with Crippen molar-refractivity contribution in [2.45, 2.75) is 17.9 Å². The Balaban J connectivity index is 1.44. The largest absolute Gasteiger partial charge is 0.354 e. The highest BCUT2D eigenvalue weighted by Gasteiger charge is 2.26. The number of guanidine groups is 1. The van der Waals surface area contributed by atoms with Gasteiger partial charge in [-0.25, -0.2) is 4.98 Å². The molecule has 150 valence electrons. The molecule has 1 aromatic carbocycles. The minimum Gasteiger partial charge on any atom is -0.354 e. The van der Waals surface area contributed by atoms with Crippen molar-refractivity contribution in [3.63, 3.8) is 0 Å². The van der Waals surface area contributed by atoms with Gasteiger partial charge in [-0.05, 0) is 41.7 Å². The zero-order valence-corrected chi connectivity index (χ0v) is 17.5. The fourth-order valence-electron chi connectivity index (χ4n) is 3.54. The quantitative estimate of drug-likeness (QED) is 0.569. The number of sulfonamides is 1. The first-order valence-corrected chi connectivity index (χ1v) is 11.8. The lowest BCUT2D eigenvalue weighted by atomic mass is 10.1. The highest BCUT2D eigenvalue weighted by Crippen LogP contribution is 2.34. The lowest BCUT2D eigenvalue weighted by Crippen LogP contribution is -2.30. The number of halogens is 1. The summed E-state index contributed by atoms with van der Waals surface area (Å²) in [7, 11) is -3.90. The standard InChI is InChI=1S/C18H17ClN6O2S2/c19-15-16(25-7-8-28-18(25)23-15)29(26,27)24-13-4-3-11-1-2-12(14(11)9-13)10-22-17-20-5-6-21-17/h3-4,7-10,24H,1-2,5-6H2,(H2,20,21,22)/b12-10-. The van der Waals surface area contributed by atoms with Crippen LogP contribution < -0.4 is 15.4 Å².